The Bertz CT molecular complexity index is 361. The third-order valence-electron chi connectivity index (χ3n) is 3.56. The molecule has 3 rings (SSSR count). The average molecular weight is 333 g/mol. The van der Waals surface area contributed by atoms with E-state index in [1.165, 1.54) is 54.5 Å². The summed E-state index contributed by atoms with van der Waals surface area (Å²) < 4.78 is 5.27. The van der Waals surface area contributed by atoms with Crippen molar-refractivity contribution in [2.75, 3.05) is 13.1 Å². The summed E-state index contributed by atoms with van der Waals surface area (Å²) in [4.78, 5) is 0. The normalized spacial score (nSPS) is 27.6. The Hall–Kier alpha value is -0.100. The zero-order chi connectivity index (χ0) is 11.0. The summed E-state index contributed by atoms with van der Waals surface area (Å²) in [7, 11) is 0. The number of hydrogen-bond acceptors (Lipinski definition) is 2. The molecule has 0 aliphatic carbocycles. The number of aromatic amines is 1. The van der Waals surface area contributed by atoms with Crippen molar-refractivity contribution in [3.63, 3.8) is 0 Å². The van der Waals surface area contributed by atoms with Gasteiger partial charge in [0.15, 0.2) is 0 Å². The summed E-state index contributed by atoms with van der Waals surface area (Å²) in [5, 5.41) is 7.41. The van der Waals surface area contributed by atoms with E-state index in [0.717, 1.165) is 3.92 Å². The van der Waals surface area contributed by atoms with E-state index in [-0.39, 0.29) is 0 Å². The maximum absolute atomic E-state index is 4.21. The van der Waals surface area contributed by atoms with Gasteiger partial charge in [0.05, 0.1) is 0 Å². The first-order valence-electron chi connectivity index (χ1n) is 6.29. The zero-order valence-corrected chi connectivity index (χ0v) is 12.0. The number of rotatable bonds is 2. The van der Waals surface area contributed by atoms with Gasteiger partial charge >= 0.3 is 105 Å². The minimum absolute atomic E-state index is 0.886. The fraction of sp³-hybridized carbons (Fsp3) is 0.750. The topological polar surface area (TPSA) is 31.9 Å². The molecule has 2 aliphatic rings. The molecule has 2 aliphatic heterocycles. The van der Waals surface area contributed by atoms with Gasteiger partial charge in [0.2, 0.25) is 0 Å². The quantitative estimate of drug-likeness (QED) is 0.513. The van der Waals surface area contributed by atoms with E-state index in [0.29, 0.717) is 0 Å². The summed E-state index contributed by atoms with van der Waals surface area (Å²) in [5.74, 6) is 0. The molecule has 3 heterocycles. The first-order valence-corrected chi connectivity index (χ1v) is 10.0. The van der Waals surface area contributed by atoms with Gasteiger partial charge in [-0.2, -0.15) is 0 Å². The maximum atomic E-state index is 4.21. The van der Waals surface area contributed by atoms with Crippen LogP contribution in [0.5, 0.6) is 0 Å². The second-order valence-electron chi connectivity index (χ2n) is 4.73. The Labute approximate surface area is 105 Å². The molecule has 1 fully saturated rings. The van der Waals surface area contributed by atoms with E-state index in [1.54, 1.807) is 0 Å². The molecule has 1 saturated heterocycles. The van der Waals surface area contributed by atoms with Crippen LogP contribution >= 0.6 is 20.1 Å². The van der Waals surface area contributed by atoms with Crippen molar-refractivity contribution in [3.8, 4) is 0 Å². The van der Waals surface area contributed by atoms with Gasteiger partial charge < -0.3 is 0 Å². The van der Waals surface area contributed by atoms with Crippen LogP contribution in [0.4, 0.5) is 0 Å². The number of nitrogens with one attached hydrogen (secondary N) is 1. The van der Waals surface area contributed by atoms with Crippen LogP contribution in [0.3, 0.4) is 0 Å². The summed E-state index contributed by atoms with van der Waals surface area (Å²) in [6.45, 7) is 5.03. The second kappa shape index (κ2) is 4.64. The van der Waals surface area contributed by atoms with Gasteiger partial charge in [-0.05, 0) is 0 Å². The first kappa shape index (κ1) is 11.0. The molecule has 0 bridgehead atoms. The van der Waals surface area contributed by atoms with Crippen LogP contribution in [-0.2, 0) is 10.8 Å². The molecule has 0 aromatic carbocycles. The molecular formula is C12H20IN3. The number of hydrogen-bond donors (Lipinski definition) is 1. The van der Waals surface area contributed by atoms with Crippen molar-refractivity contribution in [3.05, 3.63) is 17.5 Å². The Balaban J connectivity index is 1.81. The number of nitrogens with zero attached hydrogens (tertiary/aromatic N) is 2. The standard InChI is InChI=1S/C12H20IN3/c1-2-5-16-6-3-4-11-7-12-10(8-13(11)16)9-14-15-12/h9,11H,2-8H2,1H3,(H,14,15)/t11-/m1/s1. The molecule has 1 aromatic heterocycles. The van der Waals surface area contributed by atoms with Gasteiger partial charge in [0, 0.05) is 0 Å². The van der Waals surface area contributed by atoms with Gasteiger partial charge in [0.25, 0.3) is 0 Å². The summed E-state index contributed by atoms with van der Waals surface area (Å²) in [5.41, 5.74) is 2.97. The van der Waals surface area contributed by atoms with Gasteiger partial charge in [0.1, 0.15) is 0 Å². The van der Waals surface area contributed by atoms with Crippen molar-refractivity contribution < 1.29 is 0 Å². The van der Waals surface area contributed by atoms with Crippen molar-refractivity contribution >= 4 is 20.1 Å². The molecule has 1 N–H and O–H groups in total. The van der Waals surface area contributed by atoms with Gasteiger partial charge in [-0.15, -0.1) is 0 Å². The minimum atomic E-state index is -0.886. The molecule has 3 nitrogen and oxygen atoms in total. The van der Waals surface area contributed by atoms with Crippen LogP contribution < -0.4 is 0 Å². The molecule has 1 atom stereocenters. The van der Waals surface area contributed by atoms with E-state index >= 15 is 0 Å². The molecule has 0 saturated carbocycles. The van der Waals surface area contributed by atoms with Gasteiger partial charge in [-0.3, -0.25) is 0 Å². The van der Waals surface area contributed by atoms with E-state index in [2.05, 4.69) is 26.4 Å². The summed E-state index contributed by atoms with van der Waals surface area (Å²) >= 11 is -0.886. The third-order valence-corrected chi connectivity index (χ3v) is 11.0. The average Bonchev–Trinajstić information content (AvgIpc) is 2.74. The van der Waals surface area contributed by atoms with Crippen LogP contribution in [0.25, 0.3) is 0 Å². The number of H-pyrrole nitrogens is 1. The van der Waals surface area contributed by atoms with E-state index in [4.69, 9.17) is 0 Å². The SMILES string of the molecule is CCCN1CCC[C@@H]2Cc3[nH]ncc3CI21. The summed E-state index contributed by atoms with van der Waals surface area (Å²) in [6, 6.07) is 0. The van der Waals surface area contributed by atoms with Crippen LogP contribution in [-0.4, -0.2) is 30.3 Å². The number of alkyl halides is 2. The van der Waals surface area contributed by atoms with E-state index in [1.807, 2.05) is 0 Å². The van der Waals surface area contributed by atoms with Crippen molar-refractivity contribution in [1.29, 1.82) is 0 Å². The number of aromatic nitrogens is 2. The van der Waals surface area contributed by atoms with Gasteiger partial charge in [-0.1, -0.05) is 0 Å². The van der Waals surface area contributed by atoms with E-state index in [9.17, 15) is 0 Å². The van der Waals surface area contributed by atoms with Crippen LogP contribution in [0.2, 0.25) is 0 Å². The molecule has 0 unspecified atom stereocenters. The first-order chi connectivity index (χ1) is 7.88. The van der Waals surface area contributed by atoms with Crippen molar-refractivity contribution in [2.45, 2.75) is 41.0 Å². The molecule has 1 aromatic rings. The van der Waals surface area contributed by atoms with Crippen molar-refractivity contribution in [2.24, 2.45) is 0 Å². The molecule has 0 amide bonds. The van der Waals surface area contributed by atoms with Crippen LogP contribution in [0.1, 0.15) is 37.4 Å². The molecule has 16 heavy (non-hydrogen) atoms. The molecule has 90 valence electrons. The predicted octanol–water partition coefficient (Wildman–Crippen LogP) is 2.76. The van der Waals surface area contributed by atoms with Gasteiger partial charge in [-0.25, -0.2) is 0 Å². The molecule has 0 spiro atoms. The molecule has 4 heteroatoms. The summed E-state index contributed by atoms with van der Waals surface area (Å²) in [6.07, 6.45) is 7.58. The molecule has 0 radical (unpaired) electrons. The fourth-order valence-corrected chi connectivity index (χ4v) is 10.7. The number of halogens is 1. The molecular weight excluding hydrogens is 313 g/mol. The van der Waals surface area contributed by atoms with E-state index < -0.39 is 20.1 Å². The Morgan fingerprint density at radius 2 is 2.56 bits per heavy atom. The number of fused-ring (bicyclic) bond motifs is 2. The Kier molecular flexibility index (Phi) is 3.20. The fourth-order valence-electron chi connectivity index (χ4n) is 2.76. The zero-order valence-electron chi connectivity index (χ0n) is 9.88. The third kappa shape index (κ3) is 1.90. The van der Waals surface area contributed by atoms with Crippen LogP contribution in [0.15, 0.2) is 6.20 Å². The Morgan fingerprint density at radius 3 is 3.44 bits per heavy atom. The Morgan fingerprint density at radius 1 is 1.62 bits per heavy atom. The van der Waals surface area contributed by atoms with Crippen molar-refractivity contribution in [1.82, 2.24) is 13.3 Å². The monoisotopic (exact) mass is 333 g/mol. The predicted molar refractivity (Wildman–Crippen MR) is 74.9 cm³/mol. The van der Waals surface area contributed by atoms with Crippen LogP contribution in [0, 0.1) is 0 Å². The second-order valence-corrected chi connectivity index (χ2v) is 10.7.